The third-order valence-corrected chi connectivity index (χ3v) is 17.7. The first-order chi connectivity index (χ1) is 23.3. The van der Waals surface area contributed by atoms with Gasteiger partial charge in [0, 0.05) is 0 Å². The molecule has 2 rings (SSSR count). The maximum atomic E-state index is 14.4. The van der Waals surface area contributed by atoms with Crippen molar-refractivity contribution in [3.05, 3.63) is 59.7 Å². The van der Waals surface area contributed by atoms with E-state index in [1.54, 1.807) is 12.1 Å². The second-order valence-electron chi connectivity index (χ2n) is 14.2. The van der Waals surface area contributed by atoms with E-state index < -0.39 is 12.8 Å². The average molecular weight is 701 g/mol. The van der Waals surface area contributed by atoms with E-state index in [0.717, 1.165) is 74.5 Å². The van der Waals surface area contributed by atoms with Gasteiger partial charge in [0.1, 0.15) is 0 Å². The average Bonchev–Trinajstić information content (AvgIpc) is 3.09. The summed E-state index contributed by atoms with van der Waals surface area (Å²) in [7, 11) is 0. The van der Waals surface area contributed by atoms with E-state index in [1.165, 1.54) is 95.2 Å². The van der Waals surface area contributed by atoms with E-state index in [-0.39, 0.29) is 11.5 Å². The normalized spacial score (nSPS) is 12.5. The van der Waals surface area contributed by atoms with Crippen LogP contribution in [0.15, 0.2) is 58.3 Å². The van der Waals surface area contributed by atoms with Crippen molar-refractivity contribution in [3.8, 4) is 0 Å². The van der Waals surface area contributed by atoms with Crippen LogP contribution in [-0.4, -0.2) is 41.7 Å². The summed E-state index contributed by atoms with van der Waals surface area (Å²) in [5.74, 6) is -1.17. The number of benzene rings is 2. The van der Waals surface area contributed by atoms with Crippen LogP contribution in [0.25, 0.3) is 0 Å². The molecule has 0 aliphatic heterocycles. The molecule has 0 heterocycles. The van der Waals surface area contributed by atoms with Crippen molar-refractivity contribution in [2.45, 2.75) is 166 Å². The van der Waals surface area contributed by atoms with Crippen molar-refractivity contribution in [2.75, 3.05) is 24.6 Å². The first-order valence-electron chi connectivity index (χ1n) is 19.7. The molecule has 1 N–H and O–H groups in total. The van der Waals surface area contributed by atoms with E-state index in [2.05, 4.69) is 27.7 Å². The summed E-state index contributed by atoms with van der Waals surface area (Å²) in [6.07, 6.45) is 29.5. The van der Waals surface area contributed by atoms with Crippen molar-refractivity contribution in [1.82, 2.24) is 0 Å². The minimum atomic E-state index is -2.86. The van der Waals surface area contributed by atoms with Gasteiger partial charge < -0.3 is 0 Å². The first kappa shape index (κ1) is 42.3. The third kappa shape index (κ3) is 15.0. The van der Waals surface area contributed by atoms with Crippen molar-refractivity contribution in [2.24, 2.45) is 0 Å². The van der Waals surface area contributed by atoms with Crippen LogP contribution in [-0.2, 0) is 4.52 Å². The number of hydrogen-bond acceptors (Lipinski definition) is 4. The zero-order valence-electron chi connectivity index (χ0n) is 31.1. The van der Waals surface area contributed by atoms with E-state index in [0.29, 0.717) is 10.5 Å². The molecular weight excluding hydrogens is 631 g/mol. The number of carboxylic acids is 1. The summed E-state index contributed by atoms with van der Waals surface area (Å²) in [4.78, 5) is 27.7. The molecule has 0 radical (unpaired) electrons. The Labute approximate surface area is 299 Å². The van der Waals surface area contributed by atoms with Crippen LogP contribution >= 0.6 is 18.6 Å². The maximum absolute atomic E-state index is 14.4. The van der Waals surface area contributed by atoms with Gasteiger partial charge in [0.25, 0.3) is 0 Å². The standard InChI is InChI=1S/C42H69O4PS/c1-5-9-13-14-15-16-17-18-19-20-21-22-23-28-36-47(33-10-6-2,34-11-7-3,35-12-8-4)46-42(45)38-30-25-27-32-40(38)48-39-31-26-24-29-37(39)41(43)44/h24-27,29-32H,5-23,28,33-36H2,1-4H3,(H,43,44). The van der Waals surface area contributed by atoms with Gasteiger partial charge in [-0.3, -0.25) is 0 Å². The first-order valence-corrected chi connectivity index (χ1v) is 23.4. The Morgan fingerprint density at radius 2 is 0.875 bits per heavy atom. The Morgan fingerprint density at radius 3 is 1.31 bits per heavy atom. The van der Waals surface area contributed by atoms with Gasteiger partial charge in [-0.1, -0.05) is 26.2 Å². The minimum absolute atomic E-state index is 0.211. The van der Waals surface area contributed by atoms with E-state index in [1.807, 2.05) is 36.4 Å². The van der Waals surface area contributed by atoms with Crippen LogP contribution in [0.4, 0.5) is 0 Å². The van der Waals surface area contributed by atoms with Crippen LogP contribution in [0.3, 0.4) is 0 Å². The third-order valence-electron chi connectivity index (χ3n) is 10.1. The zero-order chi connectivity index (χ0) is 35.0. The molecule has 0 saturated heterocycles. The molecule has 0 spiro atoms. The van der Waals surface area contributed by atoms with E-state index >= 15 is 0 Å². The monoisotopic (exact) mass is 700 g/mol. The van der Waals surface area contributed by atoms with Crippen molar-refractivity contribution >= 4 is 30.5 Å². The van der Waals surface area contributed by atoms with Crippen LogP contribution in [0, 0.1) is 0 Å². The molecule has 272 valence electrons. The molecule has 2 aromatic carbocycles. The molecule has 0 bridgehead atoms. The summed E-state index contributed by atoms with van der Waals surface area (Å²) < 4.78 is 7.15. The second kappa shape index (κ2) is 24.3. The van der Waals surface area contributed by atoms with Gasteiger partial charge >= 0.3 is 274 Å². The van der Waals surface area contributed by atoms with Crippen LogP contribution < -0.4 is 0 Å². The summed E-state index contributed by atoms with van der Waals surface area (Å²) in [5.41, 5.74) is 0.805. The summed E-state index contributed by atoms with van der Waals surface area (Å²) in [5, 5.41) is 9.78. The molecule has 0 unspecified atom stereocenters. The fraction of sp³-hybridized carbons (Fsp3) is 0.667. The summed E-state index contributed by atoms with van der Waals surface area (Å²) >= 11 is 1.35. The number of aromatic carboxylic acids is 1. The van der Waals surface area contributed by atoms with E-state index in [4.69, 9.17) is 4.52 Å². The molecule has 6 heteroatoms. The Kier molecular flexibility index (Phi) is 21.5. The number of carbonyl (C=O) groups excluding carboxylic acids is 1. The van der Waals surface area contributed by atoms with E-state index in [9.17, 15) is 14.7 Å². The number of rotatable bonds is 29. The Morgan fingerprint density at radius 1 is 0.521 bits per heavy atom. The molecule has 0 aliphatic carbocycles. The molecule has 48 heavy (non-hydrogen) atoms. The van der Waals surface area contributed by atoms with Gasteiger partial charge in [0.2, 0.25) is 0 Å². The molecular formula is C42H69O4PS. The van der Waals surface area contributed by atoms with Gasteiger partial charge in [0.15, 0.2) is 0 Å². The molecule has 0 amide bonds. The van der Waals surface area contributed by atoms with Crippen molar-refractivity contribution in [1.29, 1.82) is 0 Å². The zero-order valence-corrected chi connectivity index (χ0v) is 32.8. The molecule has 0 atom stereocenters. The molecule has 0 aromatic heterocycles. The summed E-state index contributed by atoms with van der Waals surface area (Å²) in [6, 6.07) is 14.6. The molecule has 4 nitrogen and oxygen atoms in total. The van der Waals surface area contributed by atoms with Crippen LogP contribution in [0.1, 0.15) is 177 Å². The fourth-order valence-corrected chi connectivity index (χ4v) is 14.8. The Hall–Kier alpha value is -1.84. The number of hydrogen-bond donors (Lipinski definition) is 1. The quantitative estimate of drug-likeness (QED) is 0.0676. The van der Waals surface area contributed by atoms with Crippen molar-refractivity contribution in [3.63, 3.8) is 0 Å². The fourth-order valence-electron chi connectivity index (χ4n) is 7.09. The molecule has 2 aromatic rings. The molecule has 0 aliphatic rings. The van der Waals surface area contributed by atoms with Gasteiger partial charge in [-0.05, 0) is 0 Å². The van der Waals surface area contributed by atoms with Gasteiger partial charge in [0.05, 0.1) is 0 Å². The predicted octanol–water partition coefficient (Wildman–Crippen LogP) is 14.0. The SMILES string of the molecule is CCCCCCCCCCCCCCCCP(CCCC)(CCCC)(CCCC)OC(=O)c1ccccc1Sc1ccccc1C(=O)O. The predicted molar refractivity (Wildman–Crippen MR) is 211 cm³/mol. The molecule has 0 fully saturated rings. The Bertz CT molecular complexity index is 1160. The van der Waals surface area contributed by atoms with Gasteiger partial charge in [-0.25, -0.2) is 0 Å². The molecule has 0 saturated carbocycles. The van der Waals surface area contributed by atoms with Gasteiger partial charge in [-0.2, -0.15) is 0 Å². The number of carboxylic acid groups (broad SMARTS) is 1. The van der Waals surface area contributed by atoms with Crippen LogP contribution in [0.5, 0.6) is 0 Å². The van der Waals surface area contributed by atoms with Crippen molar-refractivity contribution < 1.29 is 19.2 Å². The van der Waals surface area contributed by atoms with Crippen LogP contribution in [0.2, 0.25) is 0 Å². The Balaban J connectivity index is 2.15. The van der Waals surface area contributed by atoms with Gasteiger partial charge in [-0.15, -0.1) is 0 Å². The topological polar surface area (TPSA) is 63.6 Å². The second-order valence-corrected chi connectivity index (χ2v) is 21.0. The number of unbranched alkanes of at least 4 members (excludes halogenated alkanes) is 16. The summed E-state index contributed by atoms with van der Waals surface area (Å²) in [6.45, 7) is 6.18. The number of carbonyl (C=O) groups is 2.